The second-order valence-corrected chi connectivity index (χ2v) is 5.64. The number of rotatable bonds is 4. The first-order chi connectivity index (χ1) is 9.40. The number of hydrogen-bond acceptors (Lipinski definition) is 4. The van der Waals surface area contributed by atoms with Crippen molar-refractivity contribution in [3.05, 3.63) is 27.3 Å². The van der Waals surface area contributed by atoms with Gasteiger partial charge in [0, 0.05) is 12.8 Å². The summed E-state index contributed by atoms with van der Waals surface area (Å²) in [6, 6.07) is 3.72. The molecule has 0 aromatic heterocycles. The number of carbonyl (C=O) groups excluding carboxylic acids is 2. The zero-order valence-corrected chi connectivity index (χ0v) is 12.5. The van der Waals surface area contributed by atoms with Crippen molar-refractivity contribution in [2.24, 2.45) is 0 Å². The minimum absolute atomic E-state index is 0.0718. The summed E-state index contributed by atoms with van der Waals surface area (Å²) in [5, 5.41) is 18.5. The van der Waals surface area contributed by atoms with Crippen LogP contribution in [0.25, 0.3) is 0 Å². The monoisotopic (exact) mass is 389 g/mol. The van der Waals surface area contributed by atoms with Gasteiger partial charge >= 0.3 is 5.97 Å². The zero-order chi connectivity index (χ0) is 14.9. The minimum atomic E-state index is -1.09. The Morgan fingerprint density at radius 3 is 2.40 bits per heavy atom. The van der Waals surface area contributed by atoms with Crippen molar-refractivity contribution in [3.8, 4) is 5.75 Å². The second-order valence-electron chi connectivity index (χ2n) is 4.48. The van der Waals surface area contributed by atoms with Crippen LogP contribution in [-0.2, 0) is 14.4 Å². The lowest BCUT2D eigenvalue weighted by molar-refractivity contribution is -0.144. The second kappa shape index (κ2) is 5.78. The molecule has 0 radical (unpaired) electrons. The number of amides is 2. The van der Waals surface area contributed by atoms with E-state index in [0.717, 1.165) is 4.90 Å². The van der Waals surface area contributed by atoms with Crippen molar-refractivity contribution < 1.29 is 24.6 Å². The van der Waals surface area contributed by atoms with Gasteiger partial charge in [0.15, 0.2) is 0 Å². The number of carboxylic acid groups (broad SMARTS) is 1. The molecule has 1 atom stereocenters. The summed E-state index contributed by atoms with van der Waals surface area (Å²) in [5.74, 6) is -1.73. The fraction of sp³-hybridized carbons (Fsp3) is 0.308. The molecule has 7 heteroatoms. The molecule has 1 aliphatic rings. The number of nitrogens with zero attached hydrogens (tertiary/aromatic N) is 1. The maximum Gasteiger partial charge on any atom is 0.305 e. The average molecular weight is 389 g/mol. The quantitative estimate of drug-likeness (QED) is 0.604. The van der Waals surface area contributed by atoms with Gasteiger partial charge in [-0.05, 0) is 40.3 Å². The molecule has 2 rings (SSSR count). The molecule has 20 heavy (non-hydrogen) atoms. The molecule has 1 unspecified atom stereocenters. The number of carboxylic acids is 1. The highest BCUT2D eigenvalue weighted by Gasteiger charge is 2.37. The molecule has 2 N–H and O–H groups in total. The summed E-state index contributed by atoms with van der Waals surface area (Å²) in [6.07, 6.45) is -0.118. The number of hydrogen-bond donors (Lipinski definition) is 2. The Morgan fingerprint density at radius 2 is 1.90 bits per heavy atom. The van der Waals surface area contributed by atoms with Gasteiger partial charge in [-0.25, -0.2) is 0 Å². The predicted octanol–water partition coefficient (Wildman–Crippen LogP) is 1.66. The van der Waals surface area contributed by atoms with E-state index in [0.29, 0.717) is 9.13 Å². The standard InChI is InChI=1S/C13H12INO5/c14-8-5-7(1-2-10(8)16)9(6-13(19)20)15-11(17)3-4-12(15)18/h1-2,5,9,16H,3-4,6H2,(H,19,20). The van der Waals surface area contributed by atoms with Crippen LogP contribution in [0.2, 0.25) is 0 Å². The van der Waals surface area contributed by atoms with Crippen molar-refractivity contribution >= 4 is 40.4 Å². The number of halogens is 1. The molecule has 0 saturated carbocycles. The molecule has 106 valence electrons. The zero-order valence-electron chi connectivity index (χ0n) is 10.4. The van der Waals surface area contributed by atoms with Gasteiger partial charge in [0.05, 0.1) is 16.0 Å². The highest BCUT2D eigenvalue weighted by molar-refractivity contribution is 14.1. The van der Waals surface area contributed by atoms with Crippen molar-refractivity contribution in [1.82, 2.24) is 4.90 Å². The van der Waals surface area contributed by atoms with E-state index in [1.807, 2.05) is 22.6 Å². The van der Waals surface area contributed by atoms with Gasteiger partial charge in [-0.15, -0.1) is 0 Å². The first-order valence-corrected chi connectivity index (χ1v) is 7.03. The average Bonchev–Trinajstić information content (AvgIpc) is 2.70. The van der Waals surface area contributed by atoms with E-state index in [1.165, 1.54) is 12.1 Å². The van der Waals surface area contributed by atoms with Crippen LogP contribution in [0.1, 0.15) is 30.9 Å². The summed E-state index contributed by atoms with van der Waals surface area (Å²) in [7, 11) is 0. The van der Waals surface area contributed by atoms with Gasteiger partial charge in [-0.3, -0.25) is 19.3 Å². The first kappa shape index (κ1) is 14.8. The van der Waals surface area contributed by atoms with Crippen LogP contribution in [0.3, 0.4) is 0 Å². The van der Waals surface area contributed by atoms with Crippen LogP contribution in [0.5, 0.6) is 5.75 Å². The van der Waals surface area contributed by atoms with Crippen molar-refractivity contribution in [2.75, 3.05) is 0 Å². The Balaban J connectivity index is 2.41. The number of aromatic hydroxyl groups is 1. The van der Waals surface area contributed by atoms with Crippen LogP contribution in [0.4, 0.5) is 0 Å². The topological polar surface area (TPSA) is 94.9 Å². The molecule has 1 aromatic rings. The number of phenolic OH excluding ortho intramolecular Hbond substituents is 1. The third-order valence-electron chi connectivity index (χ3n) is 3.13. The Bertz CT molecular complexity index is 570. The summed E-state index contributed by atoms with van der Waals surface area (Å²) < 4.78 is 0.537. The number of benzene rings is 1. The predicted molar refractivity (Wildman–Crippen MR) is 76.9 cm³/mol. The molecule has 1 aromatic carbocycles. The maximum absolute atomic E-state index is 11.8. The lowest BCUT2D eigenvalue weighted by Gasteiger charge is -2.25. The van der Waals surface area contributed by atoms with Crippen LogP contribution in [0, 0.1) is 3.57 Å². The highest BCUT2D eigenvalue weighted by Crippen LogP contribution is 2.32. The number of imide groups is 1. The van der Waals surface area contributed by atoms with E-state index in [4.69, 9.17) is 5.11 Å². The molecule has 2 amide bonds. The van der Waals surface area contributed by atoms with Crippen molar-refractivity contribution in [3.63, 3.8) is 0 Å². The van der Waals surface area contributed by atoms with Crippen LogP contribution < -0.4 is 0 Å². The maximum atomic E-state index is 11.8. The largest absolute Gasteiger partial charge is 0.507 e. The van der Waals surface area contributed by atoms with Gasteiger partial charge in [-0.2, -0.15) is 0 Å². The van der Waals surface area contributed by atoms with E-state index in [-0.39, 0.29) is 36.8 Å². The lowest BCUT2D eigenvalue weighted by Crippen LogP contribution is -2.34. The molecule has 0 bridgehead atoms. The molecular formula is C13H12INO5. The van der Waals surface area contributed by atoms with Gasteiger partial charge in [0.2, 0.25) is 11.8 Å². The van der Waals surface area contributed by atoms with Gasteiger partial charge in [-0.1, -0.05) is 6.07 Å². The third-order valence-corrected chi connectivity index (χ3v) is 3.99. The molecule has 0 spiro atoms. The minimum Gasteiger partial charge on any atom is -0.507 e. The number of phenols is 1. The number of likely N-dealkylation sites (tertiary alicyclic amines) is 1. The number of aliphatic carboxylic acids is 1. The van der Waals surface area contributed by atoms with Crippen LogP contribution in [0.15, 0.2) is 18.2 Å². The summed E-state index contributed by atoms with van der Waals surface area (Å²) in [4.78, 5) is 35.6. The van der Waals surface area contributed by atoms with E-state index < -0.39 is 12.0 Å². The summed E-state index contributed by atoms with van der Waals surface area (Å²) in [5.41, 5.74) is 0.526. The molecule has 6 nitrogen and oxygen atoms in total. The Labute approximate surface area is 128 Å². The van der Waals surface area contributed by atoms with Gasteiger partial charge in [0.1, 0.15) is 5.75 Å². The van der Waals surface area contributed by atoms with E-state index >= 15 is 0 Å². The Morgan fingerprint density at radius 1 is 1.30 bits per heavy atom. The molecular weight excluding hydrogens is 377 g/mol. The molecule has 0 aliphatic carbocycles. The van der Waals surface area contributed by atoms with Gasteiger partial charge in [0.25, 0.3) is 0 Å². The van der Waals surface area contributed by atoms with E-state index in [2.05, 4.69) is 0 Å². The summed E-state index contributed by atoms with van der Waals surface area (Å²) >= 11 is 1.90. The van der Waals surface area contributed by atoms with Crippen molar-refractivity contribution in [2.45, 2.75) is 25.3 Å². The van der Waals surface area contributed by atoms with E-state index in [9.17, 15) is 19.5 Å². The van der Waals surface area contributed by atoms with Crippen LogP contribution >= 0.6 is 22.6 Å². The lowest BCUT2D eigenvalue weighted by atomic mass is 10.0. The third kappa shape index (κ3) is 2.92. The SMILES string of the molecule is O=C(O)CC(c1ccc(O)c(I)c1)N1C(=O)CCC1=O. The number of carbonyl (C=O) groups is 3. The Kier molecular flexibility index (Phi) is 4.26. The Hall–Kier alpha value is -1.64. The van der Waals surface area contributed by atoms with Crippen molar-refractivity contribution in [1.29, 1.82) is 0 Å². The summed E-state index contributed by atoms with van der Waals surface area (Å²) in [6.45, 7) is 0. The van der Waals surface area contributed by atoms with Crippen LogP contribution in [-0.4, -0.2) is 32.9 Å². The fourth-order valence-electron chi connectivity index (χ4n) is 2.20. The molecule has 1 saturated heterocycles. The first-order valence-electron chi connectivity index (χ1n) is 5.95. The van der Waals surface area contributed by atoms with E-state index in [1.54, 1.807) is 6.07 Å². The fourth-order valence-corrected chi connectivity index (χ4v) is 2.73. The smallest absolute Gasteiger partial charge is 0.305 e. The van der Waals surface area contributed by atoms with Gasteiger partial charge < -0.3 is 10.2 Å². The molecule has 1 fully saturated rings. The molecule has 1 heterocycles. The highest BCUT2D eigenvalue weighted by atomic mass is 127. The normalized spacial score (nSPS) is 16.6. The molecule has 1 aliphatic heterocycles.